The predicted octanol–water partition coefficient (Wildman–Crippen LogP) is 4.02. The molecule has 9 nitrogen and oxygen atoms in total. The first-order chi connectivity index (χ1) is 18.8. The number of anilines is 2. The summed E-state index contributed by atoms with van der Waals surface area (Å²) in [4.78, 5) is 30.7. The van der Waals surface area contributed by atoms with Crippen molar-refractivity contribution in [3.63, 3.8) is 0 Å². The first kappa shape index (κ1) is 25.4. The van der Waals surface area contributed by atoms with Crippen molar-refractivity contribution < 1.29 is 9.53 Å². The van der Waals surface area contributed by atoms with Gasteiger partial charge in [-0.3, -0.25) is 9.88 Å². The van der Waals surface area contributed by atoms with Gasteiger partial charge in [0.1, 0.15) is 17.5 Å². The Kier molecular flexibility index (Phi) is 6.51. The van der Waals surface area contributed by atoms with E-state index >= 15 is 0 Å². The highest BCUT2D eigenvalue weighted by Crippen LogP contribution is 2.38. The van der Waals surface area contributed by atoms with E-state index in [4.69, 9.17) is 9.72 Å². The second-order valence-electron chi connectivity index (χ2n) is 11.7. The lowest BCUT2D eigenvalue weighted by Gasteiger charge is -2.57. The summed E-state index contributed by atoms with van der Waals surface area (Å²) < 4.78 is 5.51. The number of nitrogens with zero attached hydrogens (tertiary/aromatic N) is 7. The van der Waals surface area contributed by atoms with Crippen LogP contribution in [0.5, 0.6) is 0 Å². The van der Waals surface area contributed by atoms with Gasteiger partial charge in [-0.05, 0) is 63.1 Å². The highest BCUT2D eigenvalue weighted by Gasteiger charge is 2.44. The second kappa shape index (κ2) is 10.0. The Morgan fingerprint density at radius 3 is 2.46 bits per heavy atom. The van der Waals surface area contributed by atoms with E-state index in [1.807, 2.05) is 39.1 Å². The summed E-state index contributed by atoms with van der Waals surface area (Å²) in [5, 5.41) is 10.5. The van der Waals surface area contributed by atoms with Crippen molar-refractivity contribution in [3.05, 3.63) is 59.9 Å². The monoisotopic (exact) mass is 525 g/mol. The number of hydrogen-bond acceptors (Lipinski definition) is 8. The maximum atomic E-state index is 12.4. The zero-order chi connectivity index (χ0) is 27.1. The molecule has 0 spiro atoms. The van der Waals surface area contributed by atoms with Gasteiger partial charge in [-0.1, -0.05) is 6.07 Å². The summed E-state index contributed by atoms with van der Waals surface area (Å²) in [6, 6.07) is 15.6. The molecule has 0 N–H and O–H groups in total. The van der Waals surface area contributed by atoms with E-state index in [0.29, 0.717) is 30.7 Å². The molecule has 2 aromatic heterocycles. The molecule has 1 amide bonds. The molecule has 3 aromatic rings. The van der Waals surface area contributed by atoms with E-state index in [9.17, 15) is 10.1 Å². The highest BCUT2D eigenvalue weighted by atomic mass is 16.6. The van der Waals surface area contributed by atoms with Crippen LogP contribution < -0.4 is 9.80 Å². The minimum Gasteiger partial charge on any atom is -0.444 e. The van der Waals surface area contributed by atoms with Gasteiger partial charge in [0, 0.05) is 81.4 Å². The molecule has 4 aliphatic heterocycles. The number of hydrogen-bond donors (Lipinski definition) is 0. The summed E-state index contributed by atoms with van der Waals surface area (Å²) in [6.07, 6.45) is 4.73. The summed E-state index contributed by atoms with van der Waals surface area (Å²) in [6.45, 7) is 11.3. The van der Waals surface area contributed by atoms with Crippen LogP contribution in [-0.4, -0.2) is 82.8 Å². The Labute approximate surface area is 229 Å². The summed E-state index contributed by atoms with van der Waals surface area (Å²) in [5.74, 6) is 0.957. The highest BCUT2D eigenvalue weighted by molar-refractivity contribution is 5.95. The molecule has 7 rings (SSSR count). The van der Waals surface area contributed by atoms with Gasteiger partial charge in [-0.25, -0.2) is 9.78 Å². The van der Waals surface area contributed by atoms with Gasteiger partial charge in [0.2, 0.25) is 0 Å². The average Bonchev–Trinajstić information content (AvgIpc) is 2.95. The summed E-state index contributed by atoms with van der Waals surface area (Å²) in [7, 11) is 0. The predicted molar refractivity (Wildman–Crippen MR) is 151 cm³/mol. The third kappa shape index (κ3) is 5.09. The average molecular weight is 526 g/mol. The number of piperidine rings is 1. The molecule has 39 heavy (non-hydrogen) atoms. The quantitative estimate of drug-likeness (QED) is 0.505. The first-order valence-corrected chi connectivity index (χ1v) is 13.8. The first-order valence-electron chi connectivity index (χ1n) is 13.8. The Balaban J connectivity index is 1.05. The van der Waals surface area contributed by atoms with E-state index in [1.165, 1.54) is 17.7 Å². The van der Waals surface area contributed by atoms with E-state index in [-0.39, 0.29) is 6.09 Å². The molecular weight excluding hydrogens is 490 g/mol. The van der Waals surface area contributed by atoms with Gasteiger partial charge in [0.15, 0.2) is 0 Å². The van der Waals surface area contributed by atoms with E-state index in [0.717, 1.165) is 49.4 Å². The maximum Gasteiger partial charge on any atom is 0.410 e. The SMILES string of the molecule is CC(C)(C)OC(=O)N1CCN(c2ccc(CN3C4CC3CN(c3ccc(C#N)c5ncccc35)C4)cn2)CC1. The van der Waals surface area contributed by atoms with Gasteiger partial charge in [0.25, 0.3) is 0 Å². The fourth-order valence-electron chi connectivity index (χ4n) is 6.02. The fraction of sp³-hybridized carbons (Fsp3) is 0.467. The van der Waals surface area contributed by atoms with Crippen molar-refractivity contribution >= 4 is 28.5 Å². The molecule has 4 saturated heterocycles. The molecule has 0 aliphatic carbocycles. The zero-order valence-corrected chi connectivity index (χ0v) is 22.9. The number of nitriles is 1. The van der Waals surface area contributed by atoms with Gasteiger partial charge < -0.3 is 19.4 Å². The third-order valence-electron chi connectivity index (χ3n) is 7.98. The van der Waals surface area contributed by atoms with Crippen molar-refractivity contribution in [3.8, 4) is 6.07 Å². The number of piperazine rings is 2. The van der Waals surface area contributed by atoms with E-state index in [2.05, 4.69) is 50.0 Å². The molecule has 202 valence electrons. The van der Waals surface area contributed by atoms with Crippen LogP contribution in [0.3, 0.4) is 0 Å². The number of amides is 1. The van der Waals surface area contributed by atoms with E-state index in [1.54, 1.807) is 11.1 Å². The molecule has 2 unspecified atom stereocenters. The smallest absolute Gasteiger partial charge is 0.410 e. The number of ether oxygens (including phenoxy) is 1. The summed E-state index contributed by atoms with van der Waals surface area (Å²) >= 11 is 0. The van der Waals surface area contributed by atoms with Crippen LogP contribution in [0.15, 0.2) is 48.8 Å². The van der Waals surface area contributed by atoms with Gasteiger partial charge in [-0.15, -0.1) is 0 Å². The molecule has 2 bridgehead atoms. The van der Waals surface area contributed by atoms with Gasteiger partial charge in [-0.2, -0.15) is 5.26 Å². The molecule has 9 heteroatoms. The van der Waals surface area contributed by atoms with Gasteiger partial charge in [0.05, 0.1) is 11.1 Å². The number of carbonyl (C=O) groups excluding carboxylic acids is 1. The van der Waals surface area contributed by atoms with Crippen LogP contribution in [0.2, 0.25) is 0 Å². The Bertz CT molecular complexity index is 1390. The van der Waals surface area contributed by atoms with Crippen molar-refractivity contribution in [1.29, 1.82) is 5.26 Å². The molecule has 4 fully saturated rings. The van der Waals surface area contributed by atoms with Crippen molar-refractivity contribution in [2.24, 2.45) is 0 Å². The zero-order valence-electron chi connectivity index (χ0n) is 22.9. The third-order valence-corrected chi connectivity index (χ3v) is 7.98. The lowest BCUT2D eigenvalue weighted by Crippen LogP contribution is -2.68. The van der Waals surface area contributed by atoms with Gasteiger partial charge >= 0.3 is 6.09 Å². The Morgan fingerprint density at radius 2 is 1.79 bits per heavy atom. The molecular formula is C30H35N7O2. The minimum absolute atomic E-state index is 0.242. The van der Waals surface area contributed by atoms with E-state index < -0.39 is 5.60 Å². The Morgan fingerprint density at radius 1 is 1.03 bits per heavy atom. The molecule has 1 aromatic carbocycles. The standard InChI is InChI=1S/C30H35N7O2/c1-30(2,3)39-29(38)35-13-11-34(12-14-35)27-9-6-21(17-33-27)18-37-23-15-24(37)20-36(19-23)26-8-7-22(16-31)28-25(26)5-4-10-32-28/h4-10,17,23-24H,11-15,18-20H2,1-3H3. The van der Waals surface area contributed by atoms with Crippen molar-refractivity contribution in [2.75, 3.05) is 49.1 Å². The molecule has 0 saturated carbocycles. The lowest BCUT2D eigenvalue weighted by molar-refractivity contribution is -0.00841. The van der Waals surface area contributed by atoms with Crippen LogP contribution in [0.4, 0.5) is 16.3 Å². The molecule has 4 aliphatic rings. The van der Waals surface area contributed by atoms with Crippen molar-refractivity contribution in [2.45, 2.75) is 51.4 Å². The number of rotatable bonds is 4. The fourth-order valence-corrected chi connectivity index (χ4v) is 6.02. The number of benzene rings is 1. The van der Waals surface area contributed by atoms with Crippen molar-refractivity contribution in [1.82, 2.24) is 19.8 Å². The minimum atomic E-state index is -0.478. The van der Waals surface area contributed by atoms with Crippen LogP contribution in [0, 0.1) is 11.3 Å². The maximum absolute atomic E-state index is 12.4. The van der Waals surface area contributed by atoms with Crippen LogP contribution >= 0.6 is 0 Å². The normalized spacial score (nSPS) is 21.4. The Hall–Kier alpha value is -3.90. The second-order valence-corrected chi connectivity index (χ2v) is 11.7. The molecule has 0 radical (unpaired) electrons. The summed E-state index contributed by atoms with van der Waals surface area (Å²) in [5.41, 5.74) is 3.32. The number of aromatic nitrogens is 2. The largest absolute Gasteiger partial charge is 0.444 e. The van der Waals surface area contributed by atoms with Crippen LogP contribution in [0.25, 0.3) is 10.9 Å². The lowest BCUT2D eigenvalue weighted by atomic mass is 9.86. The number of fused-ring (bicyclic) bond motifs is 3. The van der Waals surface area contributed by atoms with Crippen LogP contribution in [-0.2, 0) is 11.3 Å². The number of pyridine rings is 2. The number of carbonyl (C=O) groups is 1. The topological polar surface area (TPSA) is 88.8 Å². The van der Waals surface area contributed by atoms with Crippen LogP contribution in [0.1, 0.15) is 38.3 Å². The molecule has 6 heterocycles. The molecule has 2 atom stereocenters.